The van der Waals surface area contributed by atoms with Crippen molar-refractivity contribution in [3.63, 3.8) is 0 Å². The molecule has 7 heteroatoms. The van der Waals surface area contributed by atoms with Gasteiger partial charge in [0.05, 0.1) is 13.1 Å². The SMILES string of the molecule is CN1C[C@]2(CCN(C(=O)c3n[nH]c4c3CCC4)C2)OCC1=O. The van der Waals surface area contributed by atoms with E-state index < -0.39 is 5.60 Å². The van der Waals surface area contributed by atoms with Crippen LogP contribution in [0.25, 0.3) is 0 Å². The van der Waals surface area contributed by atoms with Crippen molar-refractivity contribution in [2.24, 2.45) is 0 Å². The zero-order valence-electron chi connectivity index (χ0n) is 12.7. The third-order valence-corrected chi connectivity index (χ3v) is 5.07. The number of carbonyl (C=O) groups is 2. The van der Waals surface area contributed by atoms with Gasteiger partial charge < -0.3 is 14.5 Å². The average molecular weight is 304 g/mol. The van der Waals surface area contributed by atoms with Crippen LogP contribution in [0.4, 0.5) is 0 Å². The van der Waals surface area contributed by atoms with E-state index in [4.69, 9.17) is 4.74 Å². The monoisotopic (exact) mass is 304 g/mol. The van der Waals surface area contributed by atoms with Crippen LogP contribution in [0.5, 0.6) is 0 Å². The number of aromatic amines is 1. The van der Waals surface area contributed by atoms with E-state index in [-0.39, 0.29) is 18.4 Å². The highest BCUT2D eigenvalue weighted by Crippen LogP contribution is 2.31. The standard InChI is InChI=1S/C15H20N4O3/c1-18-8-15(22-7-12(18)20)5-6-19(9-15)14(21)13-10-3-2-4-11(10)16-17-13/h2-9H2,1H3,(H,16,17)/t15-/m0/s1. The minimum absolute atomic E-state index is 0.000484. The molecule has 1 atom stereocenters. The predicted molar refractivity (Wildman–Crippen MR) is 77.5 cm³/mol. The van der Waals surface area contributed by atoms with Crippen LogP contribution in [0.1, 0.15) is 34.6 Å². The van der Waals surface area contributed by atoms with Crippen molar-refractivity contribution in [3.05, 3.63) is 17.0 Å². The molecule has 4 rings (SSSR count). The van der Waals surface area contributed by atoms with Crippen molar-refractivity contribution in [2.75, 3.05) is 33.3 Å². The van der Waals surface area contributed by atoms with Gasteiger partial charge in [-0.1, -0.05) is 0 Å². The second-order valence-corrected chi connectivity index (χ2v) is 6.58. The van der Waals surface area contributed by atoms with E-state index in [9.17, 15) is 9.59 Å². The number of H-pyrrole nitrogens is 1. The number of nitrogens with zero attached hydrogens (tertiary/aromatic N) is 3. The highest BCUT2D eigenvalue weighted by atomic mass is 16.5. The summed E-state index contributed by atoms with van der Waals surface area (Å²) in [4.78, 5) is 27.8. The minimum Gasteiger partial charge on any atom is -0.361 e. The molecule has 1 aliphatic carbocycles. The van der Waals surface area contributed by atoms with Crippen molar-refractivity contribution >= 4 is 11.8 Å². The van der Waals surface area contributed by atoms with E-state index in [1.807, 2.05) is 4.90 Å². The first kappa shape index (κ1) is 13.8. The molecule has 0 aromatic carbocycles. The highest BCUT2D eigenvalue weighted by molar-refractivity contribution is 5.94. The minimum atomic E-state index is -0.405. The average Bonchev–Trinajstić information content (AvgIpc) is 3.18. The van der Waals surface area contributed by atoms with Gasteiger partial charge in [0, 0.05) is 24.8 Å². The highest BCUT2D eigenvalue weighted by Gasteiger charge is 2.46. The molecule has 0 saturated carbocycles. The van der Waals surface area contributed by atoms with Gasteiger partial charge in [-0.15, -0.1) is 0 Å². The van der Waals surface area contributed by atoms with Crippen LogP contribution < -0.4 is 0 Å². The molecule has 2 amide bonds. The van der Waals surface area contributed by atoms with Gasteiger partial charge in [0.25, 0.3) is 5.91 Å². The Hall–Kier alpha value is -1.89. The first-order valence-corrected chi connectivity index (χ1v) is 7.81. The van der Waals surface area contributed by atoms with E-state index >= 15 is 0 Å². The number of carbonyl (C=O) groups excluding carboxylic acids is 2. The number of hydrogen-bond acceptors (Lipinski definition) is 4. The number of likely N-dealkylation sites (N-methyl/N-ethyl adjacent to an activating group) is 1. The number of amides is 2. The zero-order chi connectivity index (χ0) is 15.3. The molecule has 1 N–H and O–H groups in total. The number of fused-ring (bicyclic) bond motifs is 1. The molecule has 0 unspecified atom stereocenters. The van der Waals surface area contributed by atoms with E-state index in [1.54, 1.807) is 11.9 Å². The van der Waals surface area contributed by atoms with Gasteiger partial charge in [-0.25, -0.2) is 0 Å². The second kappa shape index (κ2) is 4.81. The van der Waals surface area contributed by atoms with Crippen LogP contribution in [0.2, 0.25) is 0 Å². The Balaban J connectivity index is 1.51. The van der Waals surface area contributed by atoms with Crippen molar-refractivity contribution in [1.82, 2.24) is 20.0 Å². The Bertz CT molecular complexity index is 641. The smallest absolute Gasteiger partial charge is 0.274 e. The van der Waals surface area contributed by atoms with Gasteiger partial charge in [0.1, 0.15) is 12.2 Å². The van der Waals surface area contributed by atoms with Gasteiger partial charge in [-0.05, 0) is 25.7 Å². The van der Waals surface area contributed by atoms with Gasteiger partial charge >= 0.3 is 0 Å². The van der Waals surface area contributed by atoms with Crippen molar-refractivity contribution in [1.29, 1.82) is 0 Å². The Labute approximate surface area is 128 Å². The Kier molecular flexibility index (Phi) is 3.00. The molecule has 3 heterocycles. The maximum absolute atomic E-state index is 12.7. The summed E-state index contributed by atoms with van der Waals surface area (Å²) in [6, 6.07) is 0. The number of morpholine rings is 1. The first-order chi connectivity index (χ1) is 10.6. The van der Waals surface area contributed by atoms with E-state index in [0.29, 0.717) is 25.3 Å². The molecule has 1 spiro atoms. The number of rotatable bonds is 1. The second-order valence-electron chi connectivity index (χ2n) is 6.58. The Morgan fingerprint density at radius 2 is 2.23 bits per heavy atom. The maximum atomic E-state index is 12.7. The summed E-state index contributed by atoms with van der Waals surface area (Å²) in [6.07, 6.45) is 3.77. The van der Waals surface area contributed by atoms with E-state index in [2.05, 4.69) is 10.2 Å². The fourth-order valence-electron chi connectivity index (χ4n) is 3.80. The topological polar surface area (TPSA) is 78.5 Å². The molecule has 1 aromatic heterocycles. The zero-order valence-corrected chi connectivity index (χ0v) is 12.7. The number of hydrogen-bond donors (Lipinski definition) is 1. The van der Waals surface area contributed by atoms with Crippen molar-refractivity contribution in [2.45, 2.75) is 31.3 Å². The largest absolute Gasteiger partial charge is 0.361 e. The van der Waals surface area contributed by atoms with Crippen LogP contribution in [0, 0.1) is 0 Å². The summed E-state index contributed by atoms with van der Waals surface area (Å²) < 4.78 is 5.79. The Morgan fingerprint density at radius 3 is 3.05 bits per heavy atom. The molecule has 1 aromatic rings. The van der Waals surface area contributed by atoms with Crippen LogP contribution >= 0.6 is 0 Å². The van der Waals surface area contributed by atoms with Crippen molar-refractivity contribution in [3.8, 4) is 0 Å². The summed E-state index contributed by atoms with van der Waals surface area (Å²) in [6.45, 7) is 1.85. The number of nitrogens with one attached hydrogen (secondary N) is 1. The number of likely N-dealkylation sites (tertiary alicyclic amines) is 1. The molecule has 0 bridgehead atoms. The van der Waals surface area contributed by atoms with E-state index in [1.165, 1.54) is 0 Å². The summed E-state index contributed by atoms with van der Waals surface area (Å²) in [5, 5.41) is 7.21. The molecule has 22 heavy (non-hydrogen) atoms. The fraction of sp³-hybridized carbons (Fsp3) is 0.667. The van der Waals surface area contributed by atoms with Crippen LogP contribution in [0.3, 0.4) is 0 Å². The molecule has 0 radical (unpaired) electrons. The molecule has 2 fully saturated rings. The van der Waals surface area contributed by atoms with Crippen LogP contribution in [-0.2, 0) is 22.4 Å². The van der Waals surface area contributed by atoms with Crippen LogP contribution in [0.15, 0.2) is 0 Å². The van der Waals surface area contributed by atoms with Crippen molar-refractivity contribution < 1.29 is 14.3 Å². The maximum Gasteiger partial charge on any atom is 0.274 e. The lowest BCUT2D eigenvalue weighted by Gasteiger charge is -2.38. The molecule has 2 aliphatic heterocycles. The first-order valence-electron chi connectivity index (χ1n) is 7.81. The molecule has 3 aliphatic rings. The summed E-state index contributed by atoms with van der Waals surface area (Å²) >= 11 is 0. The van der Waals surface area contributed by atoms with Gasteiger partial charge in [0.2, 0.25) is 5.91 Å². The van der Waals surface area contributed by atoms with E-state index in [0.717, 1.165) is 36.9 Å². The normalized spacial score (nSPS) is 27.8. The third-order valence-electron chi connectivity index (χ3n) is 5.07. The number of aromatic nitrogens is 2. The lowest BCUT2D eigenvalue weighted by Crippen LogP contribution is -2.54. The Morgan fingerprint density at radius 1 is 1.36 bits per heavy atom. The molecule has 7 nitrogen and oxygen atoms in total. The molecule has 118 valence electrons. The van der Waals surface area contributed by atoms with Gasteiger partial charge in [-0.2, -0.15) is 5.10 Å². The molecule has 2 saturated heterocycles. The predicted octanol–water partition coefficient (Wildman–Crippen LogP) is -0.0283. The van der Waals surface area contributed by atoms with Gasteiger partial charge in [-0.3, -0.25) is 14.7 Å². The quantitative estimate of drug-likeness (QED) is 0.790. The number of aryl methyl sites for hydroxylation is 1. The summed E-state index contributed by atoms with van der Waals surface area (Å²) in [5.74, 6) is -0.0139. The van der Waals surface area contributed by atoms with Crippen LogP contribution in [-0.4, -0.2) is 70.7 Å². The lowest BCUT2D eigenvalue weighted by atomic mass is 10.0. The lowest BCUT2D eigenvalue weighted by molar-refractivity contribution is -0.158. The molecular formula is C15H20N4O3. The molecular weight excluding hydrogens is 284 g/mol. The summed E-state index contributed by atoms with van der Waals surface area (Å²) in [5.41, 5.74) is 2.36. The third kappa shape index (κ3) is 2.03. The van der Waals surface area contributed by atoms with Gasteiger partial charge in [0.15, 0.2) is 5.69 Å². The summed E-state index contributed by atoms with van der Waals surface area (Å²) in [7, 11) is 1.79. The fourth-order valence-corrected chi connectivity index (χ4v) is 3.80. The number of ether oxygens (including phenoxy) is 1.